The molecule has 5 heteroatoms. The molecule has 2 aromatic rings. The Labute approximate surface area is 108 Å². The summed E-state index contributed by atoms with van der Waals surface area (Å²) in [5.74, 6) is 0. The first-order valence-corrected chi connectivity index (χ1v) is 6.32. The van der Waals surface area contributed by atoms with E-state index in [1.165, 1.54) is 5.69 Å². The van der Waals surface area contributed by atoms with Crippen LogP contribution in [-0.4, -0.2) is 4.57 Å². The van der Waals surface area contributed by atoms with Crippen molar-refractivity contribution in [3.05, 3.63) is 44.1 Å². The van der Waals surface area contributed by atoms with Gasteiger partial charge >= 0.3 is 0 Å². The summed E-state index contributed by atoms with van der Waals surface area (Å²) in [4.78, 5) is 5.44. The van der Waals surface area contributed by atoms with E-state index in [0.29, 0.717) is 10.0 Å². The average molecular weight is 273 g/mol. The quantitative estimate of drug-likeness (QED) is 0.749. The lowest BCUT2D eigenvalue weighted by Crippen LogP contribution is -2.10. The Morgan fingerprint density at radius 1 is 1.25 bits per heavy atom. The summed E-state index contributed by atoms with van der Waals surface area (Å²) >= 11 is 13.4. The van der Waals surface area contributed by atoms with Gasteiger partial charge in [-0.3, -0.25) is 0 Å². The lowest BCUT2D eigenvalue weighted by molar-refractivity contribution is 0.835. The standard InChI is InChI=1S/C11H10Cl2N2S/c1-7-6-16-11(15(7)2)14-8-3-4-9(12)10(13)5-8/h3-6H,1-2H3. The van der Waals surface area contributed by atoms with Gasteiger partial charge in [-0.1, -0.05) is 23.2 Å². The fourth-order valence-corrected chi connectivity index (χ4v) is 2.40. The van der Waals surface area contributed by atoms with Gasteiger partial charge in [0.05, 0.1) is 15.7 Å². The van der Waals surface area contributed by atoms with E-state index in [-0.39, 0.29) is 0 Å². The SMILES string of the molecule is Cc1csc(=Nc2ccc(Cl)c(Cl)c2)n1C. The molecular formula is C11H10Cl2N2S. The molecule has 1 heterocycles. The molecular weight excluding hydrogens is 263 g/mol. The van der Waals surface area contributed by atoms with E-state index in [0.717, 1.165) is 10.5 Å². The van der Waals surface area contributed by atoms with Gasteiger partial charge in [0, 0.05) is 18.1 Å². The molecule has 0 bridgehead atoms. The maximum Gasteiger partial charge on any atom is 0.189 e. The van der Waals surface area contributed by atoms with Crippen molar-refractivity contribution < 1.29 is 0 Å². The van der Waals surface area contributed by atoms with Gasteiger partial charge in [0.15, 0.2) is 4.80 Å². The summed E-state index contributed by atoms with van der Waals surface area (Å²) in [6.45, 7) is 2.05. The molecule has 0 atom stereocenters. The van der Waals surface area contributed by atoms with E-state index in [1.807, 2.05) is 24.6 Å². The molecule has 1 aromatic heterocycles. The number of nitrogens with zero attached hydrogens (tertiary/aromatic N) is 2. The Morgan fingerprint density at radius 3 is 2.56 bits per heavy atom. The van der Waals surface area contributed by atoms with Crippen molar-refractivity contribution in [1.29, 1.82) is 0 Å². The molecule has 0 radical (unpaired) electrons. The molecule has 0 unspecified atom stereocenters. The number of aryl methyl sites for hydroxylation is 1. The molecule has 16 heavy (non-hydrogen) atoms. The zero-order chi connectivity index (χ0) is 11.7. The average Bonchev–Trinajstić information content (AvgIpc) is 2.55. The van der Waals surface area contributed by atoms with Gasteiger partial charge in [0.1, 0.15) is 0 Å². The number of halogens is 2. The van der Waals surface area contributed by atoms with Crippen molar-refractivity contribution in [3.8, 4) is 0 Å². The minimum Gasteiger partial charge on any atom is -0.324 e. The molecule has 0 aliphatic rings. The molecule has 0 amide bonds. The minimum atomic E-state index is 0.527. The molecule has 0 N–H and O–H groups in total. The van der Waals surface area contributed by atoms with Crippen LogP contribution in [0.5, 0.6) is 0 Å². The summed E-state index contributed by atoms with van der Waals surface area (Å²) in [6.07, 6.45) is 0. The van der Waals surface area contributed by atoms with Crippen LogP contribution in [0.2, 0.25) is 10.0 Å². The van der Waals surface area contributed by atoms with Gasteiger partial charge in [-0.2, -0.15) is 0 Å². The van der Waals surface area contributed by atoms with Crippen molar-refractivity contribution >= 4 is 40.2 Å². The molecule has 2 rings (SSSR count). The van der Waals surface area contributed by atoms with Crippen LogP contribution in [0.25, 0.3) is 0 Å². The van der Waals surface area contributed by atoms with E-state index < -0.39 is 0 Å². The summed E-state index contributed by atoms with van der Waals surface area (Å²) in [7, 11) is 1.99. The second kappa shape index (κ2) is 4.62. The molecule has 0 aliphatic heterocycles. The molecule has 0 fully saturated rings. The van der Waals surface area contributed by atoms with E-state index in [2.05, 4.69) is 10.4 Å². The van der Waals surface area contributed by atoms with Crippen LogP contribution >= 0.6 is 34.5 Å². The second-order valence-electron chi connectivity index (χ2n) is 3.43. The highest BCUT2D eigenvalue weighted by atomic mass is 35.5. The van der Waals surface area contributed by atoms with E-state index in [1.54, 1.807) is 23.5 Å². The first-order chi connectivity index (χ1) is 7.58. The number of hydrogen-bond donors (Lipinski definition) is 0. The first-order valence-electron chi connectivity index (χ1n) is 4.69. The van der Waals surface area contributed by atoms with Crippen LogP contribution < -0.4 is 4.80 Å². The molecule has 0 aliphatic carbocycles. The molecule has 0 spiro atoms. The predicted molar refractivity (Wildman–Crippen MR) is 69.7 cm³/mol. The third kappa shape index (κ3) is 2.32. The fourth-order valence-electron chi connectivity index (χ4n) is 1.21. The maximum atomic E-state index is 5.93. The largest absolute Gasteiger partial charge is 0.324 e. The Hall–Kier alpha value is -0.770. The monoisotopic (exact) mass is 272 g/mol. The Balaban J connectivity index is 2.51. The van der Waals surface area contributed by atoms with Crippen molar-refractivity contribution in [2.75, 3.05) is 0 Å². The van der Waals surface area contributed by atoms with Gasteiger partial charge in [-0.15, -0.1) is 11.3 Å². The normalized spacial score (nSPS) is 12.1. The van der Waals surface area contributed by atoms with Crippen molar-refractivity contribution in [3.63, 3.8) is 0 Å². The number of rotatable bonds is 1. The highest BCUT2D eigenvalue weighted by Crippen LogP contribution is 2.26. The van der Waals surface area contributed by atoms with Gasteiger partial charge in [0.2, 0.25) is 0 Å². The molecule has 1 aromatic carbocycles. The highest BCUT2D eigenvalue weighted by molar-refractivity contribution is 7.07. The molecule has 0 saturated heterocycles. The van der Waals surface area contributed by atoms with Crippen LogP contribution in [0.15, 0.2) is 28.6 Å². The molecule has 84 valence electrons. The number of benzene rings is 1. The topological polar surface area (TPSA) is 17.3 Å². The van der Waals surface area contributed by atoms with E-state index >= 15 is 0 Å². The van der Waals surface area contributed by atoms with Crippen molar-refractivity contribution in [1.82, 2.24) is 4.57 Å². The van der Waals surface area contributed by atoms with E-state index in [9.17, 15) is 0 Å². The number of thiazole rings is 1. The first kappa shape index (κ1) is 11.7. The van der Waals surface area contributed by atoms with Gasteiger partial charge in [-0.25, -0.2) is 4.99 Å². The van der Waals surface area contributed by atoms with Crippen LogP contribution in [0.1, 0.15) is 5.69 Å². The highest BCUT2D eigenvalue weighted by Gasteiger charge is 1.99. The third-order valence-electron chi connectivity index (χ3n) is 2.28. The Bertz CT molecular complexity index is 584. The van der Waals surface area contributed by atoms with Gasteiger partial charge < -0.3 is 4.57 Å². The van der Waals surface area contributed by atoms with Crippen LogP contribution in [0.3, 0.4) is 0 Å². The zero-order valence-corrected chi connectivity index (χ0v) is 11.2. The minimum absolute atomic E-state index is 0.527. The van der Waals surface area contributed by atoms with Crippen LogP contribution in [0, 0.1) is 6.92 Å². The predicted octanol–water partition coefficient (Wildman–Crippen LogP) is 3.93. The maximum absolute atomic E-state index is 5.93. The van der Waals surface area contributed by atoms with Gasteiger partial charge in [-0.05, 0) is 25.1 Å². The summed E-state index contributed by atoms with van der Waals surface area (Å²) in [5, 5.41) is 3.14. The number of aromatic nitrogens is 1. The Kier molecular flexibility index (Phi) is 3.38. The Morgan fingerprint density at radius 2 is 2.00 bits per heavy atom. The number of hydrogen-bond acceptors (Lipinski definition) is 2. The van der Waals surface area contributed by atoms with E-state index in [4.69, 9.17) is 23.2 Å². The van der Waals surface area contributed by atoms with Crippen LogP contribution in [0.4, 0.5) is 5.69 Å². The lowest BCUT2D eigenvalue weighted by Gasteiger charge is -1.98. The third-order valence-corrected chi connectivity index (χ3v) is 4.05. The van der Waals surface area contributed by atoms with Crippen molar-refractivity contribution in [2.45, 2.75) is 6.92 Å². The smallest absolute Gasteiger partial charge is 0.189 e. The second-order valence-corrected chi connectivity index (χ2v) is 5.08. The van der Waals surface area contributed by atoms with Gasteiger partial charge in [0.25, 0.3) is 0 Å². The molecule has 0 saturated carbocycles. The lowest BCUT2D eigenvalue weighted by atomic mass is 10.3. The summed E-state index contributed by atoms with van der Waals surface area (Å²) < 4.78 is 2.03. The summed E-state index contributed by atoms with van der Waals surface area (Å²) in [5.41, 5.74) is 2.00. The fraction of sp³-hybridized carbons (Fsp3) is 0.182. The van der Waals surface area contributed by atoms with Crippen LogP contribution in [-0.2, 0) is 7.05 Å². The zero-order valence-electron chi connectivity index (χ0n) is 8.87. The molecule has 2 nitrogen and oxygen atoms in total. The van der Waals surface area contributed by atoms with Crippen molar-refractivity contribution in [2.24, 2.45) is 12.0 Å². The summed E-state index contributed by atoms with van der Waals surface area (Å²) in [6, 6.07) is 5.37.